The summed E-state index contributed by atoms with van der Waals surface area (Å²) in [6.07, 6.45) is -1.11. The molecule has 7 nitrogen and oxygen atoms in total. The number of primary amides is 1. The lowest BCUT2D eigenvalue weighted by Crippen LogP contribution is -2.45. The van der Waals surface area contributed by atoms with Gasteiger partial charge in [0, 0.05) is 7.11 Å². The van der Waals surface area contributed by atoms with Crippen molar-refractivity contribution in [3.05, 3.63) is 35.4 Å². The fourth-order valence-corrected chi connectivity index (χ4v) is 1.82. The number of imide groups is 1. The van der Waals surface area contributed by atoms with Crippen LogP contribution in [-0.4, -0.2) is 31.1 Å². The molecule has 0 aliphatic heterocycles. The van der Waals surface area contributed by atoms with Crippen molar-refractivity contribution in [1.82, 2.24) is 5.32 Å². The number of nitrogens with two attached hydrogens (primary N) is 1. The van der Waals surface area contributed by atoms with Gasteiger partial charge in [-0.3, -0.25) is 10.1 Å². The fraction of sp³-hybridized carbons (Fsp3) is 0.400. The predicted octanol–water partition coefficient (Wildman–Crippen LogP) is 1.21. The number of hydrogen-bond acceptors (Lipinski definition) is 5. The minimum absolute atomic E-state index is 0.298. The number of urea groups is 1. The van der Waals surface area contributed by atoms with Crippen LogP contribution in [0, 0.1) is 5.92 Å². The van der Waals surface area contributed by atoms with Crippen molar-refractivity contribution in [2.45, 2.75) is 26.6 Å². The van der Waals surface area contributed by atoms with Crippen molar-refractivity contribution in [2.75, 3.05) is 7.11 Å². The molecule has 3 amide bonds. The zero-order chi connectivity index (χ0) is 16.7. The van der Waals surface area contributed by atoms with E-state index < -0.39 is 24.0 Å². The normalized spacial score (nSPS) is 11.8. The predicted molar refractivity (Wildman–Crippen MR) is 78.9 cm³/mol. The summed E-state index contributed by atoms with van der Waals surface area (Å²) in [5.41, 5.74) is 6.00. The molecular weight excluding hydrogens is 288 g/mol. The molecule has 1 aromatic rings. The van der Waals surface area contributed by atoms with Crippen molar-refractivity contribution in [3.8, 4) is 0 Å². The van der Waals surface area contributed by atoms with Gasteiger partial charge in [-0.1, -0.05) is 26.0 Å². The molecule has 0 aliphatic rings. The molecular formula is C15H20N2O5. The van der Waals surface area contributed by atoms with E-state index in [1.54, 1.807) is 45.2 Å². The molecule has 1 rings (SSSR count). The third-order valence-electron chi connectivity index (χ3n) is 2.82. The molecule has 1 atom stereocenters. The Bertz CT molecular complexity index is 557. The second-order valence-corrected chi connectivity index (χ2v) is 5.06. The lowest BCUT2D eigenvalue weighted by molar-refractivity contribution is -0.130. The average Bonchev–Trinajstić information content (AvgIpc) is 2.44. The number of carbonyl (C=O) groups excluding carboxylic acids is 3. The number of methoxy groups -OCH3 is 1. The summed E-state index contributed by atoms with van der Waals surface area (Å²) < 4.78 is 10.2. The topological polar surface area (TPSA) is 108 Å². The molecule has 0 saturated carbocycles. The van der Waals surface area contributed by atoms with E-state index in [1.165, 1.54) is 0 Å². The molecule has 1 aromatic carbocycles. The van der Waals surface area contributed by atoms with Crippen LogP contribution < -0.4 is 11.1 Å². The maximum absolute atomic E-state index is 12.1. The number of nitrogens with one attached hydrogen (secondary N) is 1. The highest BCUT2D eigenvalue weighted by Gasteiger charge is 2.27. The Morgan fingerprint density at radius 3 is 2.50 bits per heavy atom. The number of rotatable bonds is 6. The Morgan fingerprint density at radius 2 is 1.95 bits per heavy atom. The van der Waals surface area contributed by atoms with Crippen LogP contribution in [0.1, 0.15) is 29.8 Å². The third kappa shape index (κ3) is 5.17. The monoisotopic (exact) mass is 308 g/mol. The molecule has 0 aliphatic carbocycles. The van der Waals surface area contributed by atoms with Crippen LogP contribution in [-0.2, 0) is 20.9 Å². The summed E-state index contributed by atoms with van der Waals surface area (Å²) in [5.74, 6) is -1.72. The molecule has 0 spiro atoms. The molecule has 0 fully saturated rings. The first-order valence-electron chi connectivity index (χ1n) is 6.74. The van der Waals surface area contributed by atoms with E-state index >= 15 is 0 Å². The molecule has 0 radical (unpaired) electrons. The Hall–Kier alpha value is -2.41. The fourth-order valence-electron chi connectivity index (χ4n) is 1.82. The first-order valence-corrected chi connectivity index (χ1v) is 6.74. The van der Waals surface area contributed by atoms with E-state index in [4.69, 9.17) is 15.2 Å². The van der Waals surface area contributed by atoms with Crippen molar-refractivity contribution in [1.29, 1.82) is 0 Å². The second kappa shape index (κ2) is 8.14. The molecule has 0 saturated heterocycles. The minimum atomic E-state index is -1.11. The van der Waals surface area contributed by atoms with E-state index in [0.717, 1.165) is 5.56 Å². The quantitative estimate of drug-likeness (QED) is 0.768. The maximum Gasteiger partial charge on any atom is 0.338 e. The first-order chi connectivity index (χ1) is 10.3. The van der Waals surface area contributed by atoms with Gasteiger partial charge in [0.15, 0.2) is 6.10 Å². The number of carbonyl (C=O) groups is 3. The van der Waals surface area contributed by atoms with Crippen LogP contribution in [0.25, 0.3) is 0 Å². The van der Waals surface area contributed by atoms with E-state index in [9.17, 15) is 14.4 Å². The summed E-state index contributed by atoms with van der Waals surface area (Å²) >= 11 is 0. The zero-order valence-corrected chi connectivity index (χ0v) is 12.8. The van der Waals surface area contributed by atoms with Crippen LogP contribution in [0.4, 0.5) is 4.79 Å². The molecule has 3 N–H and O–H groups in total. The van der Waals surface area contributed by atoms with Crippen LogP contribution >= 0.6 is 0 Å². The second-order valence-electron chi connectivity index (χ2n) is 5.06. The molecule has 120 valence electrons. The molecule has 0 unspecified atom stereocenters. The van der Waals surface area contributed by atoms with Crippen LogP contribution in [0.15, 0.2) is 24.3 Å². The number of hydrogen-bond donors (Lipinski definition) is 2. The van der Waals surface area contributed by atoms with Gasteiger partial charge in [-0.25, -0.2) is 9.59 Å². The highest BCUT2D eigenvalue weighted by atomic mass is 16.5. The molecule has 0 heterocycles. The van der Waals surface area contributed by atoms with Gasteiger partial charge in [0.1, 0.15) is 0 Å². The Kier molecular flexibility index (Phi) is 6.52. The number of amides is 3. The molecule has 22 heavy (non-hydrogen) atoms. The smallest absolute Gasteiger partial charge is 0.338 e. The summed E-state index contributed by atoms with van der Waals surface area (Å²) in [5, 5.41) is 1.92. The van der Waals surface area contributed by atoms with Crippen molar-refractivity contribution >= 4 is 17.9 Å². The van der Waals surface area contributed by atoms with Gasteiger partial charge in [0.25, 0.3) is 5.91 Å². The number of esters is 1. The minimum Gasteiger partial charge on any atom is -0.448 e. The van der Waals surface area contributed by atoms with Crippen LogP contribution in [0.2, 0.25) is 0 Å². The largest absolute Gasteiger partial charge is 0.448 e. The first kappa shape index (κ1) is 17.6. The Morgan fingerprint density at radius 1 is 1.27 bits per heavy atom. The maximum atomic E-state index is 12.1. The van der Waals surface area contributed by atoms with Gasteiger partial charge in [-0.05, 0) is 23.6 Å². The number of ether oxygens (including phenoxy) is 2. The van der Waals surface area contributed by atoms with E-state index in [0.29, 0.717) is 12.2 Å². The summed E-state index contributed by atoms with van der Waals surface area (Å²) in [4.78, 5) is 34.7. The van der Waals surface area contributed by atoms with Gasteiger partial charge in [-0.2, -0.15) is 0 Å². The standard InChI is InChI=1S/C15H20N2O5/c1-9(2)12(13(18)17-15(16)20)22-14(19)11-6-4-5-10(7-11)8-21-3/h4-7,9,12H,8H2,1-3H3,(H3,16,17,18,20)/t12-/m1/s1. The lowest BCUT2D eigenvalue weighted by atomic mass is 10.1. The molecule has 7 heteroatoms. The summed E-state index contributed by atoms with van der Waals surface area (Å²) in [6, 6.07) is 5.70. The van der Waals surface area contributed by atoms with Crippen molar-refractivity contribution in [2.24, 2.45) is 11.7 Å². The zero-order valence-electron chi connectivity index (χ0n) is 12.8. The van der Waals surface area contributed by atoms with Gasteiger partial charge in [-0.15, -0.1) is 0 Å². The van der Waals surface area contributed by atoms with Crippen LogP contribution in [0.5, 0.6) is 0 Å². The Balaban J connectivity index is 2.85. The molecule has 0 bridgehead atoms. The SMILES string of the molecule is COCc1cccc(C(=O)O[C@@H](C(=O)NC(N)=O)C(C)C)c1. The average molecular weight is 308 g/mol. The van der Waals surface area contributed by atoms with Gasteiger partial charge in [0.05, 0.1) is 12.2 Å². The lowest BCUT2D eigenvalue weighted by Gasteiger charge is -2.20. The highest BCUT2D eigenvalue weighted by molar-refractivity contribution is 5.98. The summed E-state index contributed by atoms with van der Waals surface area (Å²) in [6.45, 7) is 3.75. The highest BCUT2D eigenvalue weighted by Crippen LogP contribution is 2.13. The van der Waals surface area contributed by atoms with Gasteiger partial charge in [0.2, 0.25) is 0 Å². The van der Waals surface area contributed by atoms with Gasteiger partial charge < -0.3 is 15.2 Å². The van der Waals surface area contributed by atoms with Gasteiger partial charge >= 0.3 is 12.0 Å². The van der Waals surface area contributed by atoms with Crippen LogP contribution in [0.3, 0.4) is 0 Å². The van der Waals surface area contributed by atoms with E-state index in [1.807, 2.05) is 5.32 Å². The van der Waals surface area contributed by atoms with Crippen molar-refractivity contribution in [3.63, 3.8) is 0 Å². The summed E-state index contributed by atoms with van der Waals surface area (Å²) in [7, 11) is 1.55. The number of benzene rings is 1. The molecule has 0 aromatic heterocycles. The van der Waals surface area contributed by atoms with E-state index in [-0.39, 0.29) is 5.92 Å². The van der Waals surface area contributed by atoms with Crippen molar-refractivity contribution < 1.29 is 23.9 Å². The third-order valence-corrected chi connectivity index (χ3v) is 2.82. The Labute approximate surface area is 128 Å². The van der Waals surface area contributed by atoms with E-state index in [2.05, 4.69) is 0 Å².